The van der Waals surface area contributed by atoms with Gasteiger partial charge in [-0.25, -0.2) is 18.0 Å². The topological polar surface area (TPSA) is 64.6 Å². The molecular formula is C16H12F3NO4. The van der Waals surface area contributed by atoms with Gasteiger partial charge in [0.05, 0.1) is 12.7 Å². The molecular weight excluding hydrogens is 327 g/mol. The standard InChI is InChI=1S/C16H12F3NO4/c1-23-10-3-4-11(13(18)7-10)16(22)24-8-15(21)20-9-2-5-12(17)14(19)6-9/h2-7H,8H2,1H3,(H,20,21). The summed E-state index contributed by atoms with van der Waals surface area (Å²) in [6.45, 7) is -0.719. The average Bonchev–Trinajstić information content (AvgIpc) is 2.56. The minimum atomic E-state index is -1.13. The maximum absolute atomic E-state index is 13.7. The van der Waals surface area contributed by atoms with E-state index in [1.807, 2.05) is 0 Å². The maximum atomic E-state index is 13.7. The van der Waals surface area contributed by atoms with Crippen LogP contribution in [-0.2, 0) is 9.53 Å². The third-order valence-corrected chi connectivity index (χ3v) is 2.93. The average molecular weight is 339 g/mol. The van der Waals surface area contributed by atoms with Crippen molar-refractivity contribution in [1.82, 2.24) is 0 Å². The molecule has 0 aliphatic rings. The van der Waals surface area contributed by atoms with Crippen molar-refractivity contribution < 1.29 is 32.2 Å². The van der Waals surface area contributed by atoms with Crippen LogP contribution in [0.4, 0.5) is 18.9 Å². The number of rotatable bonds is 5. The van der Waals surface area contributed by atoms with Crippen LogP contribution < -0.4 is 10.1 Å². The fourth-order valence-corrected chi connectivity index (χ4v) is 1.77. The van der Waals surface area contributed by atoms with Crippen molar-refractivity contribution in [3.8, 4) is 5.75 Å². The van der Waals surface area contributed by atoms with Crippen LogP contribution in [0, 0.1) is 17.5 Å². The van der Waals surface area contributed by atoms with E-state index in [9.17, 15) is 22.8 Å². The molecule has 5 nitrogen and oxygen atoms in total. The number of hydrogen-bond acceptors (Lipinski definition) is 4. The molecule has 0 aliphatic carbocycles. The predicted octanol–water partition coefficient (Wildman–Crippen LogP) is 2.91. The second kappa shape index (κ2) is 7.49. The molecule has 2 aromatic carbocycles. The molecule has 0 saturated carbocycles. The number of carbonyl (C=O) groups is 2. The molecule has 0 aromatic heterocycles. The molecule has 0 spiro atoms. The highest BCUT2D eigenvalue weighted by Gasteiger charge is 2.16. The molecule has 0 bridgehead atoms. The molecule has 0 unspecified atom stereocenters. The fourth-order valence-electron chi connectivity index (χ4n) is 1.77. The monoisotopic (exact) mass is 339 g/mol. The molecule has 0 saturated heterocycles. The van der Waals surface area contributed by atoms with Crippen molar-refractivity contribution in [1.29, 1.82) is 0 Å². The summed E-state index contributed by atoms with van der Waals surface area (Å²) in [5, 5.41) is 2.21. The second-order valence-electron chi connectivity index (χ2n) is 4.60. The minimum absolute atomic E-state index is 0.00872. The van der Waals surface area contributed by atoms with Gasteiger partial charge < -0.3 is 14.8 Å². The van der Waals surface area contributed by atoms with Crippen LogP contribution in [0.25, 0.3) is 0 Å². The van der Waals surface area contributed by atoms with Crippen molar-refractivity contribution >= 4 is 17.6 Å². The molecule has 2 rings (SSSR count). The van der Waals surface area contributed by atoms with Gasteiger partial charge in [0.2, 0.25) is 0 Å². The van der Waals surface area contributed by atoms with Gasteiger partial charge in [0.15, 0.2) is 18.2 Å². The number of esters is 1. The predicted molar refractivity (Wildman–Crippen MR) is 78.2 cm³/mol. The highest BCUT2D eigenvalue weighted by molar-refractivity contribution is 5.95. The van der Waals surface area contributed by atoms with Crippen LogP contribution in [-0.4, -0.2) is 25.6 Å². The van der Waals surface area contributed by atoms with E-state index in [1.54, 1.807) is 0 Å². The molecule has 0 fully saturated rings. The van der Waals surface area contributed by atoms with Gasteiger partial charge in [-0.1, -0.05) is 0 Å². The number of anilines is 1. The van der Waals surface area contributed by atoms with E-state index in [0.29, 0.717) is 0 Å². The van der Waals surface area contributed by atoms with Crippen LogP contribution in [0.2, 0.25) is 0 Å². The first kappa shape index (κ1) is 17.3. The maximum Gasteiger partial charge on any atom is 0.341 e. The highest BCUT2D eigenvalue weighted by Crippen LogP contribution is 2.17. The summed E-state index contributed by atoms with van der Waals surface area (Å²) in [6.07, 6.45) is 0. The Balaban J connectivity index is 1.93. The molecule has 8 heteroatoms. The van der Waals surface area contributed by atoms with E-state index in [0.717, 1.165) is 30.3 Å². The summed E-state index contributed by atoms with van der Waals surface area (Å²) in [5.41, 5.74) is -0.373. The van der Waals surface area contributed by atoms with Gasteiger partial charge in [-0.3, -0.25) is 4.79 Å². The lowest BCUT2D eigenvalue weighted by molar-refractivity contribution is -0.119. The fraction of sp³-hybridized carbons (Fsp3) is 0.125. The van der Waals surface area contributed by atoms with E-state index in [2.05, 4.69) is 10.1 Å². The first-order valence-corrected chi connectivity index (χ1v) is 6.66. The first-order chi connectivity index (χ1) is 11.4. The van der Waals surface area contributed by atoms with E-state index < -0.39 is 35.9 Å². The third kappa shape index (κ3) is 4.25. The Morgan fingerprint density at radius 1 is 1.00 bits per heavy atom. The largest absolute Gasteiger partial charge is 0.497 e. The van der Waals surface area contributed by atoms with Crippen molar-refractivity contribution in [3.63, 3.8) is 0 Å². The number of nitrogens with one attached hydrogen (secondary N) is 1. The summed E-state index contributed by atoms with van der Waals surface area (Å²) < 4.78 is 48.9. The van der Waals surface area contributed by atoms with Crippen molar-refractivity contribution in [3.05, 3.63) is 59.4 Å². The lowest BCUT2D eigenvalue weighted by atomic mass is 10.2. The Morgan fingerprint density at radius 3 is 2.38 bits per heavy atom. The molecule has 0 radical (unpaired) electrons. The lowest BCUT2D eigenvalue weighted by Gasteiger charge is -2.08. The van der Waals surface area contributed by atoms with E-state index >= 15 is 0 Å². The smallest absolute Gasteiger partial charge is 0.341 e. The second-order valence-corrected chi connectivity index (χ2v) is 4.60. The zero-order chi connectivity index (χ0) is 17.7. The van der Waals surface area contributed by atoms with E-state index in [4.69, 9.17) is 4.74 Å². The number of ether oxygens (including phenoxy) is 2. The van der Waals surface area contributed by atoms with E-state index in [-0.39, 0.29) is 17.0 Å². The number of methoxy groups -OCH3 is 1. The summed E-state index contributed by atoms with van der Waals surface area (Å²) in [7, 11) is 1.34. The summed E-state index contributed by atoms with van der Waals surface area (Å²) >= 11 is 0. The molecule has 0 atom stereocenters. The molecule has 1 N–H and O–H groups in total. The van der Waals surface area contributed by atoms with Gasteiger partial charge in [0.1, 0.15) is 11.6 Å². The third-order valence-electron chi connectivity index (χ3n) is 2.93. The molecule has 0 heterocycles. The molecule has 2 aromatic rings. The number of amides is 1. The highest BCUT2D eigenvalue weighted by atomic mass is 19.2. The van der Waals surface area contributed by atoms with Gasteiger partial charge in [-0.15, -0.1) is 0 Å². The van der Waals surface area contributed by atoms with Gasteiger partial charge in [0, 0.05) is 17.8 Å². The quantitative estimate of drug-likeness (QED) is 0.851. The summed E-state index contributed by atoms with van der Waals surface area (Å²) in [4.78, 5) is 23.3. The number of benzene rings is 2. The first-order valence-electron chi connectivity index (χ1n) is 6.66. The Hall–Kier alpha value is -3.03. The van der Waals surface area contributed by atoms with Crippen LogP contribution in [0.1, 0.15) is 10.4 Å². The Bertz CT molecular complexity index is 780. The number of hydrogen-bond donors (Lipinski definition) is 1. The van der Waals surface area contributed by atoms with Gasteiger partial charge in [-0.2, -0.15) is 0 Å². The van der Waals surface area contributed by atoms with Crippen LogP contribution >= 0.6 is 0 Å². The van der Waals surface area contributed by atoms with Crippen molar-refractivity contribution in [2.45, 2.75) is 0 Å². The zero-order valence-electron chi connectivity index (χ0n) is 12.4. The van der Waals surface area contributed by atoms with Gasteiger partial charge in [-0.05, 0) is 24.3 Å². The number of halogens is 3. The molecule has 0 aliphatic heterocycles. The Kier molecular flexibility index (Phi) is 5.41. The van der Waals surface area contributed by atoms with Gasteiger partial charge >= 0.3 is 5.97 Å². The zero-order valence-corrected chi connectivity index (χ0v) is 12.4. The van der Waals surface area contributed by atoms with Crippen LogP contribution in [0.5, 0.6) is 5.75 Å². The van der Waals surface area contributed by atoms with Crippen LogP contribution in [0.3, 0.4) is 0 Å². The SMILES string of the molecule is COc1ccc(C(=O)OCC(=O)Nc2ccc(F)c(F)c2)c(F)c1. The normalized spacial score (nSPS) is 10.2. The molecule has 1 amide bonds. The van der Waals surface area contributed by atoms with Crippen molar-refractivity contribution in [2.24, 2.45) is 0 Å². The van der Waals surface area contributed by atoms with Gasteiger partial charge in [0.25, 0.3) is 5.91 Å². The van der Waals surface area contributed by atoms with Crippen LogP contribution in [0.15, 0.2) is 36.4 Å². The van der Waals surface area contributed by atoms with E-state index in [1.165, 1.54) is 13.2 Å². The summed E-state index contributed by atoms with van der Waals surface area (Å²) in [6, 6.07) is 6.27. The van der Waals surface area contributed by atoms with Crippen molar-refractivity contribution in [2.75, 3.05) is 19.0 Å². The summed E-state index contributed by atoms with van der Waals surface area (Å²) in [5.74, 6) is -4.67. The lowest BCUT2D eigenvalue weighted by Crippen LogP contribution is -2.21. The molecule has 126 valence electrons. The minimum Gasteiger partial charge on any atom is -0.497 e. The Labute approximate surface area is 135 Å². The number of carbonyl (C=O) groups excluding carboxylic acids is 2. The Morgan fingerprint density at radius 2 is 1.75 bits per heavy atom. The molecule has 24 heavy (non-hydrogen) atoms.